The van der Waals surface area contributed by atoms with E-state index in [1.165, 1.54) is 4.88 Å². The molecule has 2 heterocycles. The van der Waals surface area contributed by atoms with Gasteiger partial charge in [0.15, 0.2) is 0 Å². The molecule has 6 heteroatoms. The third kappa shape index (κ3) is 4.99. The molecule has 0 radical (unpaired) electrons. The van der Waals surface area contributed by atoms with Crippen LogP contribution >= 0.6 is 11.3 Å². The number of hydrogen-bond donors (Lipinski definition) is 3. The van der Waals surface area contributed by atoms with Crippen LogP contribution in [0, 0.1) is 5.92 Å². The number of amides is 1. The fourth-order valence-electron chi connectivity index (χ4n) is 1.91. The maximum atomic E-state index is 11.6. The zero-order valence-electron chi connectivity index (χ0n) is 12.5. The molecule has 2 aromatic heterocycles. The quantitative estimate of drug-likeness (QED) is 0.656. The van der Waals surface area contributed by atoms with Gasteiger partial charge in [0, 0.05) is 31.6 Å². The topological polar surface area (TPSA) is 69.8 Å². The van der Waals surface area contributed by atoms with E-state index >= 15 is 0 Å². The van der Waals surface area contributed by atoms with Gasteiger partial charge in [0.2, 0.25) is 5.91 Å². The molecule has 0 aliphatic carbocycles. The lowest BCUT2D eigenvalue weighted by atomic mass is 10.2. The molecule has 5 nitrogen and oxygen atoms in total. The van der Waals surface area contributed by atoms with Gasteiger partial charge >= 0.3 is 0 Å². The Kier molecular flexibility index (Phi) is 5.95. The lowest BCUT2D eigenvalue weighted by Crippen LogP contribution is -2.30. The largest absolute Gasteiger partial charge is 0.356 e. The van der Waals surface area contributed by atoms with E-state index < -0.39 is 0 Å². The van der Waals surface area contributed by atoms with E-state index in [0.717, 1.165) is 17.8 Å². The van der Waals surface area contributed by atoms with E-state index in [9.17, 15) is 4.79 Å². The van der Waals surface area contributed by atoms with E-state index in [1.54, 1.807) is 11.3 Å². The van der Waals surface area contributed by atoms with Gasteiger partial charge in [-0.2, -0.15) is 5.10 Å². The van der Waals surface area contributed by atoms with Crippen molar-refractivity contribution in [1.29, 1.82) is 0 Å². The van der Waals surface area contributed by atoms with Gasteiger partial charge in [-0.3, -0.25) is 9.89 Å². The van der Waals surface area contributed by atoms with Crippen LogP contribution < -0.4 is 10.6 Å². The highest BCUT2D eigenvalue weighted by Gasteiger charge is 2.08. The van der Waals surface area contributed by atoms with E-state index in [4.69, 9.17) is 0 Å². The maximum Gasteiger partial charge on any atom is 0.221 e. The van der Waals surface area contributed by atoms with Gasteiger partial charge in [-0.25, -0.2) is 0 Å². The molecule has 0 bridgehead atoms. The van der Waals surface area contributed by atoms with Crippen molar-refractivity contribution >= 4 is 17.2 Å². The van der Waals surface area contributed by atoms with Crippen molar-refractivity contribution in [2.24, 2.45) is 5.92 Å². The predicted molar refractivity (Wildman–Crippen MR) is 86.1 cm³/mol. The molecule has 21 heavy (non-hydrogen) atoms. The molecule has 0 aromatic carbocycles. The van der Waals surface area contributed by atoms with Crippen LogP contribution in [0.25, 0.3) is 10.6 Å². The van der Waals surface area contributed by atoms with Crippen molar-refractivity contribution in [2.45, 2.75) is 26.8 Å². The van der Waals surface area contributed by atoms with E-state index in [2.05, 4.69) is 40.7 Å². The summed E-state index contributed by atoms with van der Waals surface area (Å²) in [6.45, 7) is 6.29. The molecular formula is C15H22N4OS. The van der Waals surface area contributed by atoms with Crippen molar-refractivity contribution in [3.8, 4) is 10.6 Å². The lowest BCUT2D eigenvalue weighted by Gasteiger charge is -2.08. The van der Waals surface area contributed by atoms with Crippen LogP contribution in [-0.4, -0.2) is 29.2 Å². The Labute approximate surface area is 129 Å². The number of carbonyl (C=O) groups excluding carboxylic acids is 1. The lowest BCUT2D eigenvalue weighted by molar-refractivity contribution is -0.121. The first-order valence-corrected chi connectivity index (χ1v) is 8.08. The first kappa shape index (κ1) is 15.7. The number of thiophene rings is 1. The molecule has 2 rings (SSSR count). The second-order valence-electron chi connectivity index (χ2n) is 5.37. The molecule has 0 unspecified atom stereocenters. The summed E-state index contributed by atoms with van der Waals surface area (Å²) in [6.07, 6.45) is 2.33. The van der Waals surface area contributed by atoms with Crippen LogP contribution in [0.1, 0.15) is 25.8 Å². The third-order valence-electron chi connectivity index (χ3n) is 3.04. The Morgan fingerprint density at radius 1 is 1.48 bits per heavy atom. The minimum absolute atomic E-state index is 0.0990. The summed E-state index contributed by atoms with van der Waals surface area (Å²) in [6, 6.07) is 4.10. The Morgan fingerprint density at radius 3 is 3.05 bits per heavy atom. The Morgan fingerprint density at radius 2 is 2.33 bits per heavy atom. The number of H-pyrrole nitrogens is 1. The Hall–Kier alpha value is -1.66. The molecule has 0 aliphatic heterocycles. The number of carbonyl (C=O) groups is 1. The van der Waals surface area contributed by atoms with Crippen LogP contribution in [0.2, 0.25) is 0 Å². The van der Waals surface area contributed by atoms with Gasteiger partial charge in [-0.05, 0) is 17.4 Å². The summed E-state index contributed by atoms with van der Waals surface area (Å²) in [5.41, 5.74) is 2.18. The van der Waals surface area contributed by atoms with Crippen molar-refractivity contribution in [2.75, 3.05) is 13.1 Å². The Balaban J connectivity index is 1.72. The van der Waals surface area contributed by atoms with Crippen molar-refractivity contribution in [3.63, 3.8) is 0 Å². The van der Waals surface area contributed by atoms with Crippen LogP contribution in [0.3, 0.4) is 0 Å². The second kappa shape index (κ2) is 7.95. The number of nitrogens with one attached hydrogen (secondary N) is 3. The number of aromatic nitrogens is 2. The van der Waals surface area contributed by atoms with Gasteiger partial charge in [0.1, 0.15) is 0 Å². The van der Waals surface area contributed by atoms with E-state index in [0.29, 0.717) is 25.4 Å². The zero-order valence-corrected chi connectivity index (χ0v) is 13.3. The number of hydrogen-bond acceptors (Lipinski definition) is 4. The summed E-state index contributed by atoms with van der Waals surface area (Å²) >= 11 is 1.69. The monoisotopic (exact) mass is 306 g/mol. The first-order chi connectivity index (χ1) is 10.2. The predicted octanol–water partition coefficient (Wildman–Crippen LogP) is 2.39. The van der Waals surface area contributed by atoms with Crippen molar-refractivity contribution in [3.05, 3.63) is 29.3 Å². The van der Waals surface area contributed by atoms with Crippen molar-refractivity contribution < 1.29 is 4.79 Å². The molecule has 0 aliphatic rings. The SMILES string of the molecule is CC(C)CNC(=O)CCNCc1cn[nH]c1-c1cccs1. The van der Waals surface area contributed by atoms with Gasteiger partial charge in [-0.1, -0.05) is 19.9 Å². The summed E-state index contributed by atoms with van der Waals surface area (Å²) in [5, 5.41) is 15.4. The van der Waals surface area contributed by atoms with Crippen LogP contribution in [-0.2, 0) is 11.3 Å². The minimum Gasteiger partial charge on any atom is -0.356 e. The first-order valence-electron chi connectivity index (χ1n) is 7.20. The molecule has 0 saturated heterocycles. The highest BCUT2D eigenvalue weighted by atomic mass is 32.1. The summed E-state index contributed by atoms with van der Waals surface area (Å²) in [4.78, 5) is 12.8. The molecule has 3 N–H and O–H groups in total. The van der Waals surface area contributed by atoms with Crippen LogP contribution in [0.15, 0.2) is 23.7 Å². The molecule has 0 atom stereocenters. The number of nitrogens with zero attached hydrogens (tertiary/aromatic N) is 1. The number of aromatic amines is 1. The van der Waals surface area contributed by atoms with E-state index in [1.807, 2.05) is 17.6 Å². The van der Waals surface area contributed by atoms with Gasteiger partial charge in [-0.15, -0.1) is 11.3 Å². The summed E-state index contributed by atoms with van der Waals surface area (Å²) < 4.78 is 0. The summed E-state index contributed by atoms with van der Waals surface area (Å²) in [7, 11) is 0. The minimum atomic E-state index is 0.0990. The van der Waals surface area contributed by atoms with Gasteiger partial charge in [0.25, 0.3) is 0 Å². The number of rotatable bonds is 8. The summed E-state index contributed by atoms with van der Waals surface area (Å²) in [5.74, 6) is 0.586. The molecule has 0 spiro atoms. The second-order valence-corrected chi connectivity index (χ2v) is 6.32. The highest BCUT2D eigenvalue weighted by molar-refractivity contribution is 7.13. The molecular weight excluding hydrogens is 284 g/mol. The van der Waals surface area contributed by atoms with E-state index in [-0.39, 0.29) is 5.91 Å². The Bertz CT molecular complexity index is 548. The highest BCUT2D eigenvalue weighted by Crippen LogP contribution is 2.25. The average Bonchev–Trinajstić information content (AvgIpc) is 3.11. The third-order valence-corrected chi connectivity index (χ3v) is 3.92. The standard InChI is InChI=1S/C15H22N4OS/c1-11(2)8-17-14(20)5-6-16-9-12-10-18-19-15(12)13-4-3-7-21-13/h3-4,7,10-11,16H,5-6,8-9H2,1-2H3,(H,17,20)(H,18,19). The van der Waals surface area contributed by atoms with Gasteiger partial charge < -0.3 is 10.6 Å². The smallest absolute Gasteiger partial charge is 0.221 e. The molecule has 114 valence electrons. The van der Waals surface area contributed by atoms with Gasteiger partial charge in [0.05, 0.1) is 16.8 Å². The molecule has 1 amide bonds. The van der Waals surface area contributed by atoms with Crippen LogP contribution in [0.5, 0.6) is 0 Å². The maximum absolute atomic E-state index is 11.6. The zero-order chi connectivity index (χ0) is 15.1. The fraction of sp³-hybridized carbons (Fsp3) is 0.467. The van der Waals surface area contributed by atoms with Crippen molar-refractivity contribution in [1.82, 2.24) is 20.8 Å². The normalized spacial score (nSPS) is 11.0. The van der Waals surface area contributed by atoms with Crippen LogP contribution in [0.4, 0.5) is 0 Å². The molecule has 2 aromatic rings. The molecule has 0 fully saturated rings. The average molecular weight is 306 g/mol. The molecule has 0 saturated carbocycles. The fourth-order valence-corrected chi connectivity index (χ4v) is 2.67.